The van der Waals surface area contributed by atoms with Gasteiger partial charge in [-0.25, -0.2) is 4.79 Å². The summed E-state index contributed by atoms with van der Waals surface area (Å²) < 4.78 is 3.22. The number of nitrogens with zero attached hydrogens (tertiary/aromatic N) is 2. The third-order valence-electron chi connectivity index (χ3n) is 4.04. The van der Waals surface area contributed by atoms with Crippen LogP contribution in [0.4, 0.5) is 0 Å². The quantitative estimate of drug-likeness (QED) is 0.842. The second-order valence-electron chi connectivity index (χ2n) is 6.14. The molecular weight excluding hydrogens is 240 g/mol. The van der Waals surface area contributed by atoms with E-state index < -0.39 is 0 Å². The van der Waals surface area contributed by atoms with Crippen molar-refractivity contribution in [1.29, 1.82) is 0 Å². The summed E-state index contributed by atoms with van der Waals surface area (Å²) in [5, 5.41) is 0. The molecule has 1 heterocycles. The normalized spacial score (nSPS) is 16.7. The molecule has 19 heavy (non-hydrogen) atoms. The number of aromatic nitrogens is 2. The van der Waals surface area contributed by atoms with Crippen molar-refractivity contribution < 1.29 is 0 Å². The number of hydrogen-bond donors (Lipinski definition) is 0. The van der Waals surface area contributed by atoms with Crippen LogP contribution in [0.3, 0.4) is 0 Å². The van der Waals surface area contributed by atoms with E-state index in [1.807, 2.05) is 27.7 Å². The summed E-state index contributed by atoms with van der Waals surface area (Å²) in [6.07, 6.45) is 5.89. The van der Waals surface area contributed by atoms with Crippen LogP contribution in [-0.2, 0) is 0 Å². The van der Waals surface area contributed by atoms with Crippen molar-refractivity contribution in [3.05, 3.63) is 32.6 Å². The maximum absolute atomic E-state index is 12.5. The highest BCUT2D eigenvalue weighted by molar-refractivity contribution is 5.11. The predicted octanol–water partition coefficient (Wildman–Crippen LogP) is 2.83. The zero-order chi connectivity index (χ0) is 14.2. The summed E-state index contributed by atoms with van der Waals surface area (Å²) in [7, 11) is 0. The van der Waals surface area contributed by atoms with Crippen molar-refractivity contribution in [2.45, 2.75) is 71.4 Å². The van der Waals surface area contributed by atoms with Crippen molar-refractivity contribution in [1.82, 2.24) is 9.13 Å². The second-order valence-corrected chi connectivity index (χ2v) is 6.14. The van der Waals surface area contributed by atoms with Gasteiger partial charge in [-0.1, -0.05) is 26.7 Å². The number of rotatable bonds is 3. The van der Waals surface area contributed by atoms with Crippen molar-refractivity contribution in [2.24, 2.45) is 0 Å². The average molecular weight is 264 g/mol. The molecular formula is C15H24N2O2. The Balaban J connectivity index is 2.69. The fourth-order valence-electron chi connectivity index (χ4n) is 2.86. The van der Waals surface area contributed by atoms with Crippen LogP contribution in [0.15, 0.2) is 15.8 Å². The zero-order valence-corrected chi connectivity index (χ0v) is 12.3. The molecule has 0 atom stereocenters. The Morgan fingerprint density at radius 1 is 1.11 bits per heavy atom. The van der Waals surface area contributed by atoms with Gasteiger partial charge in [-0.3, -0.25) is 13.9 Å². The van der Waals surface area contributed by atoms with E-state index in [1.54, 1.807) is 10.8 Å². The van der Waals surface area contributed by atoms with Crippen LogP contribution < -0.4 is 11.2 Å². The van der Waals surface area contributed by atoms with Gasteiger partial charge in [0.2, 0.25) is 0 Å². The van der Waals surface area contributed by atoms with Gasteiger partial charge >= 0.3 is 5.69 Å². The Morgan fingerprint density at radius 2 is 1.68 bits per heavy atom. The van der Waals surface area contributed by atoms with E-state index in [4.69, 9.17) is 0 Å². The van der Waals surface area contributed by atoms with Crippen LogP contribution >= 0.6 is 0 Å². The summed E-state index contributed by atoms with van der Waals surface area (Å²) >= 11 is 0. The van der Waals surface area contributed by atoms with E-state index in [-0.39, 0.29) is 29.3 Å². The average Bonchev–Trinajstić information content (AvgIpc) is 2.81. The molecule has 106 valence electrons. The van der Waals surface area contributed by atoms with Gasteiger partial charge in [0.15, 0.2) is 0 Å². The summed E-state index contributed by atoms with van der Waals surface area (Å²) in [4.78, 5) is 25.1. The Morgan fingerprint density at radius 3 is 2.16 bits per heavy atom. The van der Waals surface area contributed by atoms with E-state index in [0.29, 0.717) is 0 Å². The topological polar surface area (TPSA) is 44.0 Å². The minimum atomic E-state index is -0.142. The smallest absolute Gasteiger partial charge is 0.298 e. The lowest BCUT2D eigenvalue weighted by Crippen LogP contribution is -2.43. The number of hydrogen-bond acceptors (Lipinski definition) is 2. The second kappa shape index (κ2) is 5.35. The zero-order valence-electron chi connectivity index (χ0n) is 12.3. The van der Waals surface area contributed by atoms with Crippen LogP contribution in [0.25, 0.3) is 0 Å². The van der Waals surface area contributed by atoms with Crippen LogP contribution in [0.1, 0.15) is 76.9 Å². The largest absolute Gasteiger partial charge is 0.331 e. The van der Waals surface area contributed by atoms with Crippen LogP contribution in [-0.4, -0.2) is 9.13 Å². The van der Waals surface area contributed by atoms with Gasteiger partial charge in [0, 0.05) is 23.8 Å². The predicted molar refractivity (Wildman–Crippen MR) is 76.9 cm³/mol. The molecule has 4 nitrogen and oxygen atoms in total. The molecule has 1 saturated carbocycles. The monoisotopic (exact) mass is 264 g/mol. The maximum Gasteiger partial charge on any atom is 0.331 e. The van der Waals surface area contributed by atoms with Gasteiger partial charge in [0.1, 0.15) is 0 Å². The molecule has 4 heteroatoms. The van der Waals surface area contributed by atoms with Crippen molar-refractivity contribution >= 4 is 0 Å². The van der Waals surface area contributed by atoms with Crippen LogP contribution in [0.5, 0.6) is 0 Å². The third-order valence-corrected chi connectivity index (χ3v) is 4.04. The summed E-state index contributed by atoms with van der Waals surface area (Å²) in [5.74, 6) is 0.144. The highest BCUT2D eigenvalue weighted by atomic mass is 16.2. The fourth-order valence-corrected chi connectivity index (χ4v) is 2.86. The maximum atomic E-state index is 12.5. The molecule has 1 aromatic rings. The first-order chi connectivity index (χ1) is 8.93. The molecule has 0 radical (unpaired) electrons. The van der Waals surface area contributed by atoms with E-state index >= 15 is 0 Å². The Kier molecular flexibility index (Phi) is 3.97. The van der Waals surface area contributed by atoms with Crippen LogP contribution in [0.2, 0.25) is 0 Å². The molecule has 0 saturated heterocycles. The van der Waals surface area contributed by atoms with E-state index in [1.165, 1.54) is 4.57 Å². The van der Waals surface area contributed by atoms with E-state index in [2.05, 4.69) is 0 Å². The van der Waals surface area contributed by atoms with Gasteiger partial charge in [0.05, 0.1) is 0 Å². The first kappa shape index (κ1) is 14.1. The molecule has 2 rings (SSSR count). The summed E-state index contributed by atoms with van der Waals surface area (Å²) in [6, 6.07) is 0.182. The van der Waals surface area contributed by atoms with Gasteiger partial charge in [-0.2, -0.15) is 0 Å². The fraction of sp³-hybridized carbons (Fsp3) is 0.733. The van der Waals surface area contributed by atoms with Crippen LogP contribution in [0, 0.1) is 0 Å². The molecule has 0 aliphatic heterocycles. The Hall–Kier alpha value is -1.32. The lowest BCUT2D eigenvalue weighted by molar-refractivity contribution is 0.429. The summed E-state index contributed by atoms with van der Waals surface area (Å²) in [6.45, 7) is 7.97. The highest BCUT2D eigenvalue weighted by Crippen LogP contribution is 2.27. The molecule has 0 N–H and O–H groups in total. The standard InChI is InChI=1S/C15H24N2O2/c1-10(2)13-9-16(11(3)4)15(19)17(14(13)18)12-7-5-6-8-12/h9-12H,5-8H2,1-4H3. The first-order valence-electron chi connectivity index (χ1n) is 7.31. The van der Waals surface area contributed by atoms with Crippen molar-refractivity contribution in [3.63, 3.8) is 0 Å². The van der Waals surface area contributed by atoms with Gasteiger partial charge in [0.25, 0.3) is 5.56 Å². The molecule has 0 bridgehead atoms. The molecule has 1 aromatic heterocycles. The van der Waals surface area contributed by atoms with Crippen molar-refractivity contribution in [3.8, 4) is 0 Å². The lowest BCUT2D eigenvalue weighted by atomic mass is 10.1. The first-order valence-corrected chi connectivity index (χ1v) is 7.31. The van der Waals surface area contributed by atoms with E-state index in [0.717, 1.165) is 31.2 Å². The molecule has 1 aliphatic carbocycles. The molecule has 1 fully saturated rings. The minimum absolute atomic E-state index is 0.0798. The third kappa shape index (κ3) is 2.53. The molecule has 1 aliphatic rings. The minimum Gasteiger partial charge on any atom is -0.298 e. The molecule has 0 aromatic carbocycles. The van der Waals surface area contributed by atoms with Crippen molar-refractivity contribution in [2.75, 3.05) is 0 Å². The Bertz CT molecular complexity index is 520. The highest BCUT2D eigenvalue weighted by Gasteiger charge is 2.24. The van der Waals surface area contributed by atoms with Gasteiger partial charge in [-0.05, 0) is 32.6 Å². The summed E-state index contributed by atoms with van der Waals surface area (Å²) in [5.41, 5.74) is 0.528. The molecule has 0 unspecified atom stereocenters. The molecule has 0 spiro atoms. The lowest BCUT2D eigenvalue weighted by Gasteiger charge is -2.20. The SMILES string of the molecule is CC(C)c1cn(C(C)C)c(=O)n(C2CCCC2)c1=O. The van der Waals surface area contributed by atoms with E-state index in [9.17, 15) is 9.59 Å². The van der Waals surface area contributed by atoms with Gasteiger partial charge in [-0.15, -0.1) is 0 Å². The Labute approximate surface area is 114 Å². The molecule has 0 amide bonds. The van der Waals surface area contributed by atoms with Gasteiger partial charge < -0.3 is 0 Å².